The summed E-state index contributed by atoms with van der Waals surface area (Å²) in [6.07, 6.45) is 1.12. The SMILES string of the molecule is CCC(C)(C)NCc1ccc(OCc2ccccc2C)cc1. The molecule has 0 aliphatic heterocycles. The fourth-order valence-electron chi connectivity index (χ4n) is 2.10. The van der Waals surface area contributed by atoms with Gasteiger partial charge in [-0.15, -0.1) is 0 Å². The first-order valence-electron chi connectivity index (χ1n) is 8.01. The zero-order valence-corrected chi connectivity index (χ0v) is 14.1. The Labute approximate surface area is 134 Å². The van der Waals surface area contributed by atoms with Crippen LogP contribution in [0.1, 0.15) is 43.9 Å². The average Bonchev–Trinajstić information content (AvgIpc) is 2.53. The maximum absolute atomic E-state index is 5.87. The second-order valence-corrected chi connectivity index (χ2v) is 6.45. The van der Waals surface area contributed by atoms with Crippen molar-refractivity contribution >= 4 is 0 Å². The third kappa shape index (κ3) is 4.88. The van der Waals surface area contributed by atoms with Gasteiger partial charge < -0.3 is 10.1 Å². The maximum atomic E-state index is 5.87. The lowest BCUT2D eigenvalue weighted by Gasteiger charge is -2.24. The lowest BCUT2D eigenvalue weighted by Crippen LogP contribution is -2.37. The van der Waals surface area contributed by atoms with E-state index >= 15 is 0 Å². The number of rotatable bonds is 7. The summed E-state index contributed by atoms with van der Waals surface area (Å²) in [6, 6.07) is 16.7. The normalized spacial score (nSPS) is 11.5. The molecular formula is C20H27NO. The van der Waals surface area contributed by atoms with Gasteiger partial charge in [-0.3, -0.25) is 0 Å². The Kier molecular flexibility index (Phi) is 5.62. The molecule has 0 amide bonds. The van der Waals surface area contributed by atoms with E-state index in [2.05, 4.69) is 69.4 Å². The number of aryl methyl sites for hydroxylation is 1. The van der Waals surface area contributed by atoms with Crippen molar-refractivity contribution < 1.29 is 4.74 Å². The van der Waals surface area contributed by atoms with E-state index in [1.54, 1.807) is 0 Å². The zero-order chi connectivity index (χ0) is 16.0. The van der Waals surface area contributed by atoms with E-state index in [1.807, 2.05) is 12.1 Å². The lowest BCUT2D eigenvalue weighted by molar-refractivity contribution is 0.305. The molecule has 1 N–H and O–H groups in total. The Morgan fingerprint density at radius 1 is 1.00 bits per heavy atom. The minimum absolute atomic E-state index is 0.181. The van der Waals surface area contributed by atoms with Crippen molar-refractivity contribution in [1.82, 2.24) is 5.32 Å². The van der Waals surface area contributed by atoms with Gasteiger partial charge in [0.1, 0.15) is 12.4 Å². The second kappa shape index (κ2) is 7.46. The summed E-state index contributed by atoms with van der Waals surface area (Å²) in [4.78, 5) is 0. The van der Waals surface area contributed by atoms with Crippen LogP contribution in [0.5, 0.6) is 5.75 Å². The molecule has 0 saturated carbocycles. The van der Waals surface area contributed by atoms with Crippen molar-refractivity contribution in [3.8, 4) is 5.75 Å². The summed E-state index contributed by atoms with van der Waals surface area (Å²) in [7, 11) is 0. The number of benzene rings is 2. The first kappa shape index (κ1) is 16.6. The summed E-state index contributed by atoms with van der Waals surface area (Å²) in [5.41, 5.74) is 3.97. The molecule has 0 unspecified atom stereocenters. The van der Waals surface area contributed by atoms with Crippen molar-refractivity contribution in [2.45, 2.75) is 52.8 Å². The third-order valence-corrected chi connectivity index (χ3v) is 4.23. The molecule has 0 aromatic heterocycles. The standard InChI is InChI=1S/C20H27NO/c1-5-20(3,4)21-14-17-10-12-19(13-11-17)22-15-18-9-7-6-8-16(18)2/h6-13,21H,5,14-15H2,1-4H3. The molecule has 2 rings (SSSR count). The summed E-state index contributed by atoms with van der Waals surface area (Å²) < 4.78 is 5.87. The van der Waals surface area contributed by atoms with Gasteiger partial charge in [0.15, 0.2) is 0 Å². The van der Waals surface area contributed by atoms with E-state index < -0.39 is 0 Å². The van der Waals surface area contributed by atoms with Crippen LogP contribution in [0.3, 0.4) is 0 Å². The highest BCUT2D eigenvalue weighted by Gasteiger charge is 2.13. The molecule has 2 aromatic carbocycles. The predicted molar refractivity (Wildman–Crippen MR) is 93.2 cm³/mol. The van der Waals surface area contributed by atoms with Gasteiger partial charge in [0, 0.05) is 12.1 Å². The molecule has 0 radical (unpaired) electrons. The van der Waals surface area contributed by atoms with Crippen LogP contribution in [0, 0.1) is 6.92 Å². The Hall–Kier alpha value is -1.80. The Morgan fingerprint density at radius 2 is 1.68 bits per heavy atom. The van der Waals surface area contributed by atoms with E-state index in [0.29, 0.717) is 6.61 Å². The molecule has 2 heteroatoms. The highest BCUT2D eigenvalue weighted by atomic mass is 16.5. The zero-order valence-electron chi connectivity index (χ0n) is 14.1. The van der Waals surface area contributed by atoms with Crippen LogP contribution in [0.2, 0.25) is 0 Å². The molecule has 0 heterocycles. The molecule has 0 aliphatic rings. The average molecular weight is 297 g/mol. The molecule has 2 aromatic rings. The van der Waals surface area contributed by atoms with Crippen LogP contribution >= 0.6 is 0 Å². The monoisotopic (exact) mass is 297 g/mol. The minimum atomic E-state index is 0.181. The van der Waals surface area contributed by atoms with Gasteiger partial charge in [0.05, 0.1) is 0 Å². The van der Waals surface area contributed by atoms with Crippen molar-refractivity contribution in [2.24, 2.45) is 0 Å². The van der Waals surface area contributed by atoms with E-state index in [9.17, 15) is 0 Å². The molecule has 118 valence electrons. The number of hydrogen-bond donors (Lipinski definition) is 1. The van der Waals surface area contributed by atoms with E-state index in [1.165, 1.54) is 16.7 Å². The van der Waals surface area contributed by atoms with Crippen LogP contribution < -0.4 is 10.1 Å². The minimum Gasteiger partial charge on any atom is -0.489 e. The van der Waals surface area contributed by atoms with Crippen LogP contribution in [0.15, 0.2) is 48.5 Å². The van der Waals surface area contributed by atoms with Crippen molar-refractivity contribution in [3.05, 3.63) is 65.2 Å². The Balaban J connectivity index is 1.88. The Bertz CT molecular complexity index is 587. The lowest BCUT2D eigenvalue weighted by atomic mass is 10.0. The molecule has 0 saturated heterocycles. The molecule has 0 aliphatic carbocycles. The van der Waals surface area contributed by atoms with Gasteiger partial charge in [0.2, 0.25) is 0 Å². The summed E-state index contributed by atoms with van der Waals surface area (Å²) in [6.45, 7) is 10.3. The van der Waals surface area contributed by atoms with Crippen molar-refractivity contribution in [1.29, 1.82) is 0 Å². The second-order valence-electron chi connectivity index (χ2n) is 6.45. The quantitative estimate of drug-likeness (QED) is 0.788. The van der Waals surface area contributed by atoms with Crippen LogP contribution in [0.25, 0.3) is 0 Å². The van der Waals surface area contributed by atoms with E-state index in [4.69, 9.17) is 4.74 Å². The topological polar surface area (TPSA) is 21.3 Å². The highest BCUT2D eigenvalue weighted by molar-refractivity contribution is 5.29. The summed E-state index contributed by atoms with van der Waals surface area (Å²) >= 11 is 0. The van der Waals surface area contributed by atoms with Crippen LogP contribution in [-0.4, -0.2) is 5.54 Å². The molecule has 0 fully saturated rings. The van der Waals surface area contributed by atoms with E-state index in [0.717, 1.165) is 18.7 Å². The Morgan fingerprint density at radius 3 is 2.32 bits per heavy atom. The van der Waals surface area contributed by atoms with Gasteiger partial charge in [-0.1, -0.05) is 43.3 Å². The number of hydrogen-bond acceptors (Lipinski definition) is 2. The number of ether oxygens (including phenoxy) is 1. The van der Waals surface area contributed by atoms with Gasteiger partial charge in [0.25, 0.3) is 0 Å². The highest BCUT2D eigenvalue weighted by Crippen LogP contribution is 2.16. The van der Waals surface area contributed by atoms with Crippen molar-refractivity contribution in [3.63, 3.8) is 0 Å². The first-order chi connectivity index (χ1) is 10.5. The summed E-state index contributed by atoms with van der Waals surface area (Å²) in [5, 5.41) is 3.57. The van der Waals surface area contributed by atoms with Gasteiger partial charge in [-0.25, -0.2) is 0 Å². The molecule has 0 bridgehead atoms. The number of nitrogens with one attached hydrogen (secondary N) is 1. The fraction of sp³-hybridized carbons (Fsp3) is 0.400. The fourth-order valence-corrected chi connectivity index (χ4v) is 2.10. The molecule has 0 atom stereocenters. The first-order valence-corrected chi connectivity index (χ1v) is 8.01. The predicted octanol–water partition coefficient (Wildman–Crippen LogP) is 4.85. The van der Waals surface area contributed by atoms with Crippen LogP contribution in [0.4, 0.5) is 0 Å². The maximum Gasteiger partial charge on any atom is 0.119 e. The van der Waals surface area contributed by atoms with Crippen LogP contribution in [-0.2, 0) is 13.2 Å². The molecule has 2 nitrogen and oxygen atoms in total. The van der Waals surface area contributed by atoms with Gasteiger partial charge in [-0.05, 0) is 56.0 Å². The smallest absolute Gasteiger partial charge is 0.119 e. The molecule has 22 heavy (non-hydrogen) atoms. The van der Waals surface area contributed by atoms with Crippen molar-refractivity contribution in [2.75, 3.05) is 0 Å². The molecular weight excluding hydrogens is 270 g/mol. The summed E-state index contributed by atoms with van der Waals surface area (Å²) in [5.74, 6) is 0.918. The van der Waals surface area contributed by atoms with Gasteiger partial charge in [-0.2, -0.15) is 0 Å². The van der Waals surface area contributed by atoms with E-state index in [-0.39, 0.29) is 5.54 Å². The third-order valence-electron chi connectivity index (χ3n) is 4.23. The largest absolute Gasteiger partial charge is 0.489 e. The molecule has 0 spiro atoms. The van der Waals surface area contributed by atoms with Gasteiger partial charge >= 0.3 is 0 Å².